The highest BCUT2D eigenvalue weighted by molar-refractivity contribution is 7.22. The van der Waals surface area contributed by atoms with E-state index < -0.39 is 0 Å². The summed E-state index contributed by atoms with van der Waals surface area (Å²) in [6.45, 7) is 8.32. The molecule has 0 aliphatic carbocycles. The number of rotatable bonds is 6. The van der Waals surface area contributed by atoms with Crippen LogP contribution in [0, 0.1) is 13.8 Å². The number of carbonyl (C=O) groups is 1. The number of fused-ring (bicyclic) bond motifs is 1. The van der Waals surface area contributed by atoms with E-state index >= 15 is 0 Å². The van der Waals surface area contributed by atoms with Gasteiger partial charge in [0.25, 0.3) is 5.91 Å². The maximum Gasteiger partial charge on any atom is 0.263 e. The van der Waals surface area contributed by atoms with E-state index in [2.05, 4.69) is 10.00 Å². The number of carbonyl (C=O) groups excluding carboxylic acids is 1. The second kappa shape index (κ2) is 9.84. The summed E-state index contributed by atoms with van der Waals surface area (Å²) >= 11 is 7.85. The smallest absolute Gasteiger partial charge is 0.263 e. The van der Waals surface area contributed by atoms with Crippen LogP contribution in [0.3, 0.4) is 0 Å². The molecule has 5 rings (SSSR count). The fraction of sp³-hybridized carbons (Fsp3) is 0.320. The molecule has 2 aromatic carbocycles. The van der Waals surface area contributed by atoms with Gasteiger partial charge in [0.05, 0.1) is 46.6 Å². The Hall–Kier alpha value is -2.78. The van der Waals surface area contributed by atoms with E-state index in [-0.39, 0.29) is 5.91 Å². The van der Waals surface area contributed by atoms with Crippen molar-refractivity contribution in [3.63, 3.8) is 0 Å². The summed E-state index contributed by atoms with van der Waals surface area (Å²) in [5.74, 6) is -0.101. The number of morpholine rings is 1. The number of hydrogen-bond donors (Lipinski definition) is 0. The second-order valence-corrected chi connectivity index (χ2v) is 9.73. The van der Waals surface area contributed by atoms with Crippen LogP contribution in [0.4, 0.5) is 5.13 Å². The predicted molar refractivity (Wildman–Crippen MR) is 137 cm³/mol. The molecular weight excluding hydrogens is 470 g/mol. The Bertz CT molecular complexity index is 1310. The molecule has 0 spiro atoms. The molecule has 0 saturated carbocycles. The van der Waals surface area contributed by atoms with Crippen molar-refractivity contribution in [2.75, 3.05) is 44.3 Å². The minimum Gasteiger partial charge on any atom is -0.379 e. The summed E-state index contributed by atoms with van der Waals surface area (Å²) in [5, 5.41) is 5.86. The van der Waals surface area contributed by atoms with Gasteiger partial charge in [0.15, 0.2) is 5.13 Å². The first-order chi connectivity index (χ1) is 16.5. The van der Waals surface area contributed by atoms with Gasteiger partial charge in [-0.25, -0.2) is 9.67 Å². The first-order valence-electron chi connectivity index (χ1n) is 11.3. The van der Waals surface area contributed by atoms with Crippen LogP contribution >= 0.6 is 22.9 Å². The van der Waals surface area contributed by atoms with E-state index in [1.807, 2.05) is 56.3 Å². The van der Waals surface area contributed by atoms with Gasteiger partial charge in [-0.15, -0.1) is 0 Å². The van der Waals surface area contributed by atoms with Crippen molar-refractivity contribution >= 4 is 44.2 Å². The van der Waals surface area contributed by atoms with E-state index in [0.29, 0.717) is 22.3 Å². The topological polar surface area (TPSA) is 63.5 Å². The van der Waals surface area contributed by atoms with E-state index in [0.717, 1.165) is 60.0 Å². The molecule has 3 heterocycles. The number of aryl methyl sites for hydroxylation is 1. The average Bonchev–Trinajstić information content (AvgIpc) is 3.47. The summed E-state index contributed by atoms with van der Waals surface area (Å²) in [4.78, 5) is 22.8. The zero-order valence-electron chi connectivity index (χ0n) is 19.2. The Morgan fingerprint density at radius 3 is 2.68 bits per heavy atom. The second-order valence-electron chi connectivity index (χ2n) is 8.32. The lowest BCUT2D eigenvalue weighted by atomic mass is 10.2. The maximum atomic E-state index is 13.9. The Balaban J connectivity index is 1.50. The minimum absolute atomic E-state index is 0.101. The number of ether oxygens (including phenoxy) is 1. The van der Waals surface area contributed by atoms with Crippen molar-refractivity contribution in [2.45, 2.75) is 13.8 Å². The Labute approximate surface area is 207 Å². The summed E-state index contributed by atoms with van der Waals surface area (Å²) in [7, 11) is 0. The van der Waals surface area contributed by atoms with Gasteiger partial charge < -0.3 is 4.74 Å². The number of nitrogens with zero attached hydrogens (tertiary/aromatic N) is 5. The minimum atomic E-state index is -0.101. The third-order valence-corrected chi connectivity index (χ3v) is 7.65. The van der Waals surface area contributed by atoms with Crippen molar-refractivity contribution in [3.8, 4) is 5.69 Å². The molecule has 176 valence electrons. The van der Waals surface area contributed by atoms with Crippen LogP contribution in [0.15, 0.2) is 48.7 Å². The monoisotopic (exact) mass is 495 g/mol. The summed E-state index contributed by atoms with van der Waals surface area (Å²) in [6.07, 6.45) is 1.65. The molecule has 1 aliphatic rings. The highest BCUT2D eigenvalue weighted by Crippen LogP contribution is 2.34. The zero-order chi connectivity index (χ0) is 23.7. The highest BCUT2D eigenvalue weighted by Gasteiger charge is 2.26. The first kappa shape index (κ1) is 23.0. The number of benzene rings is 2. The van der Waals surface area contributed by atoms with Gasteiger partial charge in [-0.2, -0.15) is 5.10 Å². The lowest BCUT2D eigenvalue weighted by Gasteiger charge is -2.29. The molecule has 2 aromatic heterocycles. The molecule has 0 unspecified atom stereocenters. The molecule has 4 aromatic rings. The molecule has 1 aliphatic heterocycles. The number of amides is 1. The largest absolute Gasteiger partial charge is 0.379 e. The zero-order valence-corrected chi connectivity index (χ0v) is 20.8. The van der Waals surface area contributed by atoms with Gasteiger partial charge in [0.2, 0.25) is 0 Å². The number of hydrogen-bond acceptors (Lipinski definition) is 6. The number of anilines is 1. The molecule has 0 bridgehead atoms. The summed E-state index contributed by atoms with van der Waals surface area (Å²) < 4.78 is 8.29. The van der Waals surface area contributed by atoms with Crippen LogP contribution in [0.25, 0.3) is 15.9 Å². The molecule has 7 nitrogen and oxygen atoms in total. The van der Waals surface area contributed by atoms with Gasteiger partial charge in [0, 0.05) is 31.2 Å². The standard InChI is InChI=1S/C25H26ClN5O2S/c1-17-21(26)8-9-22-23(17)28-25(34-22)30(11-10-29-12-14-33-15-13-29)24(32)20-16-27-31(18(20)2)19-6-4-3-5-7-19/h3-9,16H,10-15H2,1-2H3. The lowest BCUT2D eigenvalue weighted by Crippen LogP contribution is -2.43. The quantitative estimate of drug-likeness (QED) is 0.387. The Morgan fingerprint density at radius 2 is 1.91 bits per heavy atom. The van der Waals surface area contributed by atoms with Crippen LogP contribution in [0.1, 0.15) is 21.6 Å². The average molecular weight is 496 g/mol. The Morgan fingerprint density at radius 1 is 1.15 bits per heavy atom. The number of aromatic nitrogens is 3. The van der Waals surface area contributed by atoms with E-state index in [9.17, 15) is 4.79 Å². The van der Waals surface area contributed by atoms with E-state index in [1.165, 1.54) is 11.3 Å². The SMILES string of the molecule is Cc1c(Cl)ccc2sc(N(CCN3CCOCC3)C(=O)c3cnn(-c4ccccc4)c3C)nc12. The van der Waals surface area contributed by atoms with Crippen molar-refractivity contribution in [1.82, 2.24) is 19.7 Å². The summed E-state index contributed by atoms with van der Waals surface area (Å²) in [5.41, 5.74) is 4.06. The lowest BCUT2D eigenvalue weighted by molar-refractivity contribution is 0.0391. The highest BCUT2D eigenvalue weighted by atomic mass is 35.5. The van der Waals surface area contributed by atoms with Crippen molar-refractivity contribution in [2.24, 2.45) is 0 Å². The van der Waals surface area contributed by atoms with Gasteiger partial charge in [0.1, 0.15) is 0 Å². The number of para-hydroxylation sites is 1. The molecule has 1 saturated heterocycles. The fourth-order valence-electron chi connectivity index (χ4n) is 4.15. The maximum absolute atomic E-state index is 13.9. The van der Waals surface area contributed by atoms with Crippen LogP contribution in [-0.4, -0.2) is 65.0 Å². The van der Waals surface area contributed by atoms with E-state index in [4.69, 9.17) is 21.3 Å². The van der Waals surface area contributed by atoms with Gasteiger partial charge in [-0.1, -0.05) is 41.1 Å². The van der Waals surface area contributed by atoms with Gasteiger partial charge >= 0.3 is 0 Å². The predicted octanol–water partition coefficient (Wildman–Crippen LogP) is 4.73. The third-order valence-electron chi connectivity index (χ3n) is 6.20. The number of halogens is 1. The Kier molecular flexibility index (Phi) is 6.65. The van der Waals surface area contributed by atoms with Crippen LogP contribution < -0.4 is 4.90 Å². The first-order valence-corrected chi connectivity index (χ1v) is 12.5. The van der Waals surface area contributed by atoms with E-state index in [1.54, 1.807) is 15.8 Å². The molecule has 34 heavy (non-hydrogen) atoms. The third kappa shape index (κ3) is 4.46. The molecule has 1 amide bonds. The summed E-state index contributed by atoms with van der Waals surface area (Å²) in [6, 6.07) is 13.7. The molecule has 1 fully saturated rings. The normalized spacial score (nSPS) is 14.6. The molecule has 0 atom stereocenters. The van der Waals surface area contributed by atoms with Gasteiger partial charge in [-0.3, -0.25) is 14.6 Å². The van der Waals surface area contributed by atoms with Crippen molar-refractivity contribution in [3.05, 3.63) is 70.5 Å². The van der Waals surface area contributed by atoms with Crippen LogP contribution in [0.2, 0.25) is 5.02 Å². The van der Waals surface area contributed by atoms with Gasteiger partial charge in [-0.05, 0) is 43.7 Å². The van der Waals surface area contributed by atoms with Crippen LogP contribution in [0.5, 0.6) is 0 Å². The fourth-order valence-corrected chi connectivity index (χ4v) is 5.35. The molecular formula is C25H26ClN5O2S. The molecule has 9 heteroatoms. The molecule has 0 radical (unpaired) electrons. The molecule has 0 N–H and O–H groups in total. The van der Waals surface area contributed by atoms with Crippen LogP contribution in [-0.2, 0) is 4.74 Å². The number of thiazole rings is 1. The van der Waals surface area contributed by atoms with Crippen molar-refractivity contribution in [1.29, 1.82) is 0 Å². The van der Waals surface area contributed by atoms with Crippen molar-refractivity contribution < 1.29 is 9.53 Å².